The fraction of sp³-hybridized carbons (Fsp3) is 0.688. The monoisotopic (exact) mass is 436 g/mol. The van der Waals surface area contributed by atoms with Gasteiger partial charge in [0.25, 0.3) is 0 Å². The number of nitrogens with one attached hydrogen (secondary N) is 3. The van der Waals surface area contributed by atoms with Gasteiger partial charge in [-0.3, -0.25) is 19.2 Å². The molecule has 8 N–H and O–H groups in total. The van der Waals surface area contributed by atoms with Crippen molar-refractivity contribution in [1.82, 2.24) is 16.0 Å². The Labute approximate surface area is 173 Å². The topological polar surface area (TPSA) is 208 Å². The highest BCUT2D eigenvalue weighted by Crippen LogP contribution is 2.06. The summed E-state index contributed by atoms with van der Waals surface area (Å²) in [6, 6.07) is -5.26. The predicted octanol–water partition coefficient (Wildman–Crippen LogP) is -2.70. The minimum Gasteiger partial charge on any atom is -0.481 e. The van der Waals surface area contributed by atoms with E-state index in [2.05, 4.69) is 23.3 Å². The minimum absolute atomic E-state index is 0.0216. The van der Waals surface area contributed by atoms with Crippen LogP contribution in [-0.4, -0.2) is 81.5 Å². The minimum atomic E-state index is -1.69. The van der Waals surface area contributed by atoms with E-state index in [1.54, 1.807) is 13.8 Å². The molecule has 29 heavy (non-hydrogen) atoms. The van der Waals surface area contributed by atoms with Crippen LogP contribution in [0.5, 0.6) is 0 Å². The Morgan fingerprint density at radius 1 is 0.897 bits per heavy atom. The van der Waals surface area contributed by atoms with Crippen LogP contribution in [0.3, 0.4) is 0 Å². The van der Waals surface area contributed by atoms with Crippen molar-refractivity contribution in [3.8, 4) is 0 Å². The van der Waals surface area contributed by atoms with Crippen LogP contribution in [-0.2, 0) is 24.0 Å². The summed E-state index contributed by atoms with van der Waals surface area (Å²) in [4.78, 5) is 58.5. The lowest BCUT2D eigenvalue weighted by Gasteiger charge is -2.25. The number of nitrogens with two attached hydrogens (primary N) is 1. The summed E-state index contributed by atoms with van der Waals surface area (Å²) >= 11 is 3.95. The van der Waals surface area contributed by atoms with Gasteiger partial charge < -0.3 is 37.0 Å². The van der Waals surface area contributed by atoms with E-state index in [4.69, 9.17) is 21.1 Å². The van der Waals surface area contributed by atoms with Crippen LogP contribution in [0.15, 0.2) is 0 Å². The van der Waals surface area contributed by atoms with E-state index in [1.807, 2.05) is 5.32 Å². The Morgan fingerprint density at radius 3 is 1.79 bits per heavy atom. The molecule has 0 fully saturated rings. The van der Waals surface area contributed by atoms with E-state index < -0.39 is 66.9 Å². The second-order valence-electron chi connectivity index (χ2n) is 6.72. The Balaban J connectivity index is 5.21. The molecule has 13 heteroatoms. The number of carboxylic acid groups (broad SMARTS) is 2. The van der Waals surface area contributed by atoms with Gasteiger partial charge in [-0.1, -0.05) is 13.8 Å². The Kier molecular flexibility index (Phi) is 11.9. The van der Waals surface area contributed by atoms with Crippen molar-refractivity contribution in [2.45, 2.75) is 50.9 Å². The molecule has 0 spiro atoms. The number of aliphatic carboxylic acids is 2. The van der Waals surface area contributed by atoms with E-state index in [1.165, 1.54) is 0 Å². The first kappa shape index (κ1) is 26.6. The average molecular weight is 436 g/mol. The number of hydrogen-bond acceptors (Lipinski definition) is 8. The number of hydrogen-bond donors (Lipinski definition) is 8. The summed E-state index contributed by atoms with van der Waals surface area (Å²) in [5.74, 6) is -5.65. The first-order chi connectivity index (χ1) is 13.4. The quantitative estimate of drug-likeness (QED) is 0.141. The number of carbonyl (C=O) groups excluding carboxylic acids is 3. The van der Waals surface area contributed by atoms with Crippen LogP contribution in [0.1, 0.15) is 26.7 Å². The number of carboxylic acids is 2. The highest BCUT2D eigenvalue weighted by Gasteiger charge is 2.30. The third-order valence-electron chi connectivity index (χ3n) is 3.68. The van der Waals surface area contributed by atoms with Gasteiger partial charge in [0.15, 0.2) is 0 Å². The summed E-state index contributed by atoms with van der Waals surface area (Å²) in [5, 5.41) is 33.4. The summed E-state index contributed by atoms with van der Waals surface area (Å²) < 4.78 is 0. The molecule has 0 aromatic rings. The summed E-state index contributed by atoms with van der Waals surface area (Å²) in [6.07, 6.45) is -0.646. The molecule has 0 heterocycles. The number of thiol groups is 1. The molecule has 0 aromatic heterocycles. The normalized spacial score (nSPS) is 15.0. The Hall–Kier alpha value is -2.38. The van der Waals surface area contributed by atoms with Gasteiger partial charge in [0, 0.05) is 5.75 Å². The predicted molar refractivity (Wildman–Crippen MR) is 104 cm³/mol. The molecular weight excluding hydrogens is 408 g/mol. The molecule has 0 saturated heterocycles. The molecule has 166 valence electrons. The van der Waals surface area contributed by atoms with Crippen molar-refractivity contribution in [2.75, 3.05) is 12.4 Å². The molecule has 0 radical (unpaired) electrons. The maximum absolute atomic E-state index is 12.5. The number of aliphatic hydroxyl groups excluding tert-OH is 1. The zero-order valence-corrected chi connectivity index (χ0v) is 17.0. The second kappa shape index (κ2) is 13.0. The maximum atomic E-state index is 12.5. The van der Waals surface area contributed by atoms with Gasteiger partial charge in [-0.25, -0.2) is 4.79 Å². The molecule has 4 unspecified atom stereocenters. The van der Waals surface area contributed by atoms with Crippen molar-refractivity contribution in [1.29, 1.82) is 0 Å². The molecule has 3 amide bonds. The number of amides is 3. The zero-order valence-electron chi connectivity index (χ0n) is 16.1. The average Bonchev–Trinajstić information content (AvgIpc) is 2.62. The van der Waals surface area contributed by atoms with Crippen LogP contribution in [0.25, 0.3) is 0 Å². The standard InChI is InChI=1S/C16H28N4O8S/c1-7(2)3-9(18-13(24)8(17)5-21)14(25)20-11(6-29)15(26)19-10(16(27)28)4-12(22)23/h7-11,21,29H,3-6,17H2,1-2H3,(H,18,24)(H,19,26)(H,20,25)(H,22,23)(H,27,28). The SMILES string of the molecule is CC(C)CC(NC(=O)C(N)CO)C(=O)NC(CS)C(=O)NC(CC(=O)O)C(=O)O. The highest BCUT2D eigenvalue weighted by molar-refractivity contribution is 7.80. The third-order valence-corrected chi connectivity index (χ3v) is 4.05. The van der Waals surface area contributed by atoms with Crippen LogP contribution in [0.2, 0.25) is 0 Å². The van der Waals surface area contributed by atoms with Crippen LogP contribution >= 0.6 is 12.6 Å². The highest BCUT2D eigenvalue weighted by atomic mass is 32.1. The van der Waals surface area contributed by atoms with Crippen molar-refractivity contribution < 1.29 is 39.3 Å². The number of carbonyl (C=O) groups is 5. The van der Waals surface area contributed by atoms with E-state index in [0.29, 0.717) is 0 Å². The lowest BCUT2D eigenvalue weighted by Crippen LogP contribution is -2.58. The molecule has 4 atom stereocenters. The molecule has 0 aromatic carbocycles. The van der Waals surface area contributed by atoms with Gasteiger partial charge >= 0.3 is 11.9 Å². The molecule has 0 aliphatic heterocycles. The fourth-order valence-corrected chi connectivity index (χ4v) is 2.44. The van der Waals surface area contributed by atoms with Crippen LogP contribution < -0.4 is 21.7 Å². The number of rotatable bonds is 13. The first-order valence-electron chi connectivity index (χ1n) is 8.75. The lowest BCUT2D eigenvalue weighted by molar-refractivity contribution is -0.147. The van der Waals surface area contributed by atoms with E-state index >= 15 is 0 Å². The van der Waals surface area contributed by atoms with Gasteiger partial charge in [0.2, 0.25) is 17.7 Å². The van der Waals surface area contributed by atoms with Crippen molar-refractivity contribution in [3.05, 3.63) is 0 Å². The van der Waals surface area contributed by atoms with Crippen molar-refractivity contribution >= 4 is 42.3 Å². The Morgan fingerprint density at radius 2 is 1.38 bits per heavy atom. The third kappa shape index (κ3) is 10.1. The largest absolute Gasteiger partial charge is 0.481 e. The van der Waals surface area contributed by atoms with Crippen molar-refractivity contribution in [3.63, 3.8) is 0 Å². The van der Waals surface area contributed by atoms with E-state index in [9.17, 15) is 24.0 Å². The fourth-order valence-electron chi connectivity index (χ4n) is 2.18. The molecule has 0 rings (SSSR count). The van der Waals surface area contributed by atoms with Gasteiger partial charge in [-0.05, 0) is 12.3 Å². The van der Waals surface area contributed by atoms with Gasteiger partial charge in [0.1, 0.15) is 24.2 Å². The van der Waals surface area contributed by atoms with Crippen LogP contribution in [0, 0.1) is 5.92 Å². The maximum Gasteiger partial charge on any atom is 0.326 e. The van der Waals surface area contributed by atoms with E-state index in [-0.39, 0.29) is 18.1 Å². The zero-order chi connectivity index (χ0) is 22.7. The Bertz CT molecular complexity index is 616. The molecule has 0 saturated carbocycles. The molecule has 0 aliphatic rings. The van der Waals surface area contributed by atoms with Crippen LogP contribution in [0.4, 0.5) is 0 Å². The number of aliphatic hydroxyl groups is 1. The molecule has 12 nitrogen and oxygen atoms in total. The smallest absolute Gasteiger partial charge is 0.326 e. The first-order valence-corrected chi connectivity index (χ1v) is 9.39. The van der Waals surface area contributed by atoms with E-state index in [0.717, 1.165) is 0 Å². The van der Waals surface area contributed by atoms with Gasteiger partial charge in [-0.15, -0.1) is 0 Å². The second-order valence-corrected chi connectivity index (χ2v) is 7.09. The summed E-state index contributed by atoms with van der Waals surface area (Å²) in [7, 11) is 0. The van der Waals surface area contributed by atoms with Gasteiger partial charge in [-0.2, -0.15) is 12.6 Å². The van der Waals surface area contributed by atoms with Crippen molar-refractivity contribution in [2.24, 2.45) is 11.7 Å². The molecule has 0 bridgehead atoms. The summed E-state index contributed by atoms with van der Waals surface area (Å²) in [6.45, 7) is 2.97. The molecular formula is C16H28N4O8S. The van der Waals surface area contributed by atoms with Gasteiger partial charge in [0.05, 0.1) is 13.0 Å². The molecule has 0 aliphatic carbocycles. The summed E-state index contributed by atoms with van der Waals surface area (Å²) in [5.41, 5.74) is 5.42. The lowest BCUT2D eigenvalue weighted by atomic mass is 10.0.